The van der Waals surface area contributed by atoms with Crippen molar-refractivity contribution in [3.63, 3.8) is 0 Å². The fraction of sp³-hybridized carbons (Fsp3) is 0.0625. The molecule has 3 nitrogen and oxygen atoms in total. The number of rotatable bonds is 3. The molecule has 1 heterocycles. The minimum Gasteiger partial charge on any atom is -0.391 e. The van der Waals surface area contributed by atoms with Gasteiger partial charge in [0.15, 0.2) is 17.4 Å². The van der Waals surface area contributed by atoms with Gasteiger partial charge >= 0.3 is 0 Å². The maximum atomic E-state index is 14.0. The summed E-state index contributed by atoms with van der Waals surface area (Å²) in [4.78, 5) is 0. The summed E-state index contributed by atoms with van der Waals surface area (Å²) in [6, 6.07) is 8.50. The topological polar surface area (TPSA) is 46.3 Å². The Hall–Kier alpha value is -1.95. The van der Waals surface area contributed by atoms with Crippen LogP contribution in [0, 0.1) is 11.6 Å². The highest BCUT2D eigenvalue weighted by molar-refractivity contribution is 6.39. The Kier molecular flexibility index (Phi) is 4.35. The molecule has 3 aromatic rings. The van der Waals surface area contributed by atoms with Crippen LogP contribution in [0.4, 0.5) is 8.78 Å². The van der Waals surface area contributed by atoms with Crippen molar-refractivity contribution in [3.05, 3.63) is 63.6 Å². The molecule has 0 radical (unpaired) electrons. The van der Waals surface area contributed by atoms with E-state index in [0.717, 1.165) is 6.07 Å². The summed E-state index contributed by atoms with van der Waals surface area (Å²) >= 11 is 12.2. The van der Waals surface area contributed by atoms with Crippen LogP contribution in [0.1, 0.15) is 5.56 Å². The molecule has 0 bridgehead atoms. The van der Waals surface area contributed by atoms with E-state index >= 15 is 0 Å². The molecule has 0 saturated carbocycles. The highest BCUT2D eigenvalue weighted by atomic mass is 35.5. The second-order valence-corrected chi connectivity index (χ2v) is 5.51. The van der Waals surface area contributed by atoms with Gasteiger partial charge in [-0.15, -0.1) is 0 Å². The maximum Gasteiger partial charge on any atom is 0.176 e. The fourth-order valence-electron chi connectivity index (χ4n) is 2.27. The van der Waals surface area contributed by atoms with Crippen LogP contribution in [0.5, 0.6) is 0 Å². The Labute approximate surface area is 140 Å². The van der Waals surface area contributed by atoms with Crippen molar-refractivity contribution in [2.75, 3.05) is 0 Å². The van der Waals surface area contributed by atoms with Crippen LogP contribution in [0.25, 0.3) is 22.6 Å². The van der Waals surface area contributed by atoms with Crippen LogP contribution in [0.15, 0.2) is 40.9 Å². The molecule has 23 heavy (non-hydrogen) atoms. The second-order valence-electron chi connectivity index (χ2n) is 4.70. The molecule has 3 rings (SSSR count). The minimum absolute atomic E-state index is 0.0736. The molecular weight excluding hydrogens is 347 g/mol. The second kappa shape index (κ2) is 6.28. The average molecular weight is 356 g/mol. The SMILES string of the molecule is OCc1c(-c2c(Cl)cccc2Cl)noc1-c1cccc(F)c1F. The van der Waals surface area contributed by atoms with Gasteiger partial charge in [-0.25, -0.2) is 8.78 Å². The van der Waals surface area contributed by atoms with E-state index in [-0.39, 0.29) is 22.6 Å². The summed E-state index contributed by atoms with van der Waals surface area (Å²) in [5.74, 6) is -2.19. The first-order valence-electron chi connectivity index (χ1n) is 6.52. The Bertz CT molecular complexity index is 860. The van der Waals surface area contributed by atoms with E-state index < -0.39 is 18.2 Å². The van der Waals surface area contributed by atoms with Crippen LogP contribution in [0.2, 0.25) is 10.0 Å². The lowest BCUT2D eigenvalue weighted by Gasteiger charge is -2.06. The summed E-state index contributed by atoms with van der Waals surface area (Å²) in [7, 11) is 0. The number of aliphatic hydroxyl groups is 1. The predicted octanol–water partition coefficient (Wildman–Crippen LogP) is 5.09. The molecule has 1 N–H and O–H groups in total. The number of benzene rings is 2. The molecular formula is C16H9Cl2F2NO2. The molecule has 0 aliphatic carbocycles. The highest BCUT2D eigenvalue weighted by Gasteiger charge is 2.24. The van der Waals surface area contributed by atoms with E-state index in [1.807, 2.05) is 0 Å². The number of hydrogen-bond acceptors (Lipinski definition) is 3. The summed E-state index contributed by atoms with van der Waals surface area (Å²) in [6.07, 6.45) is 0. The standard InChI is InChI=1S/C16H9Cl2F2NO2/c17-10-4-2-5-11(18)13(10)15-9(7-22)16(23-21-15)8-3-1-6-12(19)14(8)20/h1-6,22H,7H2. The zero-order chi connectivity index (χ0) is 16.6. The van der Waals surface area contributed by atoms with E-state index in [0.29, 0.717) is 15.6 Å². The zero-order valence-corrected chi connectivity index (χ0v) is 13.0. The summed E-state index contributed by atoms with van der Waals surface area (Å²) in [6.45, 7) is -0.508. The first kappa shape index (κ1) is 15.9. The smallest absolute Gasteiger partial charge is 0.176 e. The molecule has 0 spiro atoms. The van der Waals surface area contributed by atoms with Crippen molar-refractivity contribution in [2.24, 2.45) is 0 Å². The molecule has 0 fully saturated rings. The van der Waals surface area contributed by atoms with Crippen molar-refractivity contribution in [2.45, 2.75) is 6.61 Å². The third kappa shape index (κ3) is 2.72. The van der Waals surface area contributed by atoms with Gasteiger partial charge in [0.1, 0.15) is 5.69 Å². The van der Waals surface area contributed by atoms with Gasteiger partial charge < -0.3 is 9.63 Å². The largest absolute Gasteiger partial charge is 0.391 e. The van der Waals surface area contributed by atoms with Crippen molar-refractivity contribution in [3.8, 4) is 22.6 Å². The van der Waals surface area contributed by atoms with Crippen LogP contribution in [-0.2, 0) is 6.61 Å². The predicted molar refractivity (Wildman–Crippen MR) is 83.2 cm³/mol. The quantitative estimate of drug-likeness (QED) is 0.711. The molecule has 118 valence electrons. The van der Waals surface area contributed by atoms with Gasteiger partial charge in [0.05, 0.1) is 27.8 Å². The van der Waals surface area contributed by atoms with E-state index in [4.69, 9.17) is 27.7 Å². The molecule has 7 heteroatoms. The van der Waals surface area contributed by atoms with Crippen molar-refractivity contribution >= 4 is 23.2 Å². The van der Waals surface area contributed by atoms with Crippen LogP contribution in [0.3, 0.4) is 0 Å². The molecule has 0 unspecified atom stereocenters. The Morgan fingerprint density at radius 1 is 1.04 bits per heavy atom. The molecule has 1 aromatic heterocycles. The monoisotopic (exact) mass is 355 g/mol. The molecule has 0 amide bonds. The lowest BCUT2D eigenvalue weighted by molar-refractivity contribution is 0.281. The van der Waals surface area contributed by atoms with Crippen molar-refractivity contribution < 1.29 is 18.4 Å². The number of hydrogen-bond donors (Lipinski definition) is 1. The van der Waals surface area contributed by atoms with Gasteiger partial charge in [-0.1, -0.05) is 40.5 Å². The van der Waals surface area contributed by atoms with Crippen LogP contribution >= 0.6 is 23.2 Å². The van der Waals surface area contributed by atoms with Gasteiger partial charge in [-0.3, -0.25) is 0 Å². The van der Waals surface area contributed by atoms with E-state index in [1.54, 1.807) is 18.2 Å². The number of nitrogens with zero attached hydrogens (tertiary/aromatic N) is 1. The first-order valence-corrected chi connectivity index (χ1v) is 7.28. The molecule has 0 aliphatic rings. The van der Waals surface area contributed by atoms with Crippen molar-refractivity contribution in [1.29, 1.82) is 0 Å². The Morgan fingerprint density at radius 3 is 2.35 bits per heavy atom. The maximum absolute atomic E-state index is 14.0. The number of halogens is 4. The average Bonchev–Trinajstić information content (AvgIpc) is 2.93. The third-order valence-electron chi connectivity index (χ3n) is 3.34. The fourth-order valence-corrected chi connectivity index (χ4v) is 2.84. The van der Waals surface area contributed by atoms with Gasteiger partial charge in [-0.05, 0) is 24.3 Å². The van der Waals surface area contributed by atoms with Crippen LogP contribution in [-0.4, -0.2) is 10.3 Å². The Balaban J connectivity index is 2.24. The van der Waals surface area contributed by atoms with Gasteiger partial charge in [0.2, 0.25) is 0 Å². The number of aromatic nitrogens is 1. The van der Waals surface area contributed by atoms with E-state index in [2.05, 4.69) is 5.16 Å². The summed E-state index contributed by atoms with van der Waals surface area (Å²) in [5.41, 5.74) is 0.564. The van der Waals surface area contributed by atoms with Gasteiger partial charge in [-0.2, -0.15) is 0 Å². The van der Waals surface area contributed by atoms with E-state index in [1.165, 1.54) is 12.1 Å². The van der Waals surface area contributed by atoms with Gasteiger partial charge in [0, 0.05) is 5.56 Å². The molecule has 0 atom stereocenters. The first-order chi connectivity index (χ1) is 11.0. The Morgan fingerprint density at radius 2 is 1.70 bits per heavy atom. The normalized spacial score (nSPS) is 11.0. The molecule has 0 aliphatic heterocycles. The van der Waals surface area contributed by atoms with E-state index in [9.17, 15) is 13.9 Å². The van der Waals surface area contributed by atoms with Crippen LogP contribution < -0.4 is 0 Å². The zero-order valence-electron chi connectivity index (χ0n) is 11.5. The summed E-state index contributed by atoms with van der Waals surface area (Å²) < 4.78 is 32.5. The minimum atomic E-state index is -1.09. The molecule has 2 aromatic carbocycles. The third-order valence-corrected chi connectivity index (χ3v) is 3.97. The number of aliphatic hydroxyl groups excluding tert-OH is 1. The lowest BCUT2D eigenvalue weighted by Crippen LogP contribution is -1.93. The lowest BCUT2D eigenvalue weighted by atomic mass is 10.0. The van der Waals surface area contributed by atoms with Crippen molar-refractivity contribution in [1.82, 2.24) is 5.16 Å². The molecule has 0 saturated heterocycles. The summed E-state index contributed by atoms with van der Waals surface area (Å²) in [5, 5.41) is 14.1. The highest BCUT2D eigenvalue weighted by Crippen LogP contribution is 2.40. The van der Waals surface area contributed by atoms with Gasteiger partial charge in [0.25, 0.3) is 0 Å².